The van der Waals surface area contributed by atoms with Crippen molar-refractivity contribution >= 4 is 22.7 Å². The van der Waals surface area contributed by atoms with Crippen LogP contribution in [-0.2, 0) is 12.8 Å². The zero-order valence-corrected chi connectivity index (χ0v) is 13.8. The number of hydrogen-bond acceptors (Lipinski definition) is 5. The van der Waals surface area contributed by atoms with E-state index in [4.69, 9.17) is 4.74 Å². The van der Waals surface area contributed by atoms with E-state index in [1.165, 1.54) is 17.0 Å². The molecule has 1 aromatic heterocycles. The summed E-state index contributed by atoms with van der Waals surface area (Å²) in [6, 6.07) is 7.89. The zero-order chi connectivity index (χ0) is 15.4. The maximum Gasteiger partial charge on any atom is 0.203 e. The van der Waals surface area contributed by atoms with Gasteiger partial charge < -0.3 is 4.74 Å². The number of fused-ring (bicyclic) bond motifs is 1. The third-order valence-corrected chi connectivity index (χ3v) is 4.79. The second-order valence-electron chi connectivity index (χ2n) is 5.58. The molecule has 4 nitrogen and oxygen atoms in total. The number of nitrogens with zero attached hydrogens (tertiary/aromatic N) is 2. The molecule has 0 saturated heterocycles. The Morgan fingerprint density at radius 2 is 2.32 bits per heavy atom. The molecule has 0 unspecified atom stereocenters. The van der Waals surface area contributed by atoms with Crippen molar-refractivity contribution in [1.82, 2.24) is 4.98 Å². The Bertz CT molecular complexity index is 666. The Labute approximate surface area is 135 Å². The number of hydrazone groups is 1. The minimum Gasteiger partial charge on any atom is -0.493 e. The van der Waals surface area contributed by atoms with Gasteiger partial charge in [-0.15, -0.1) is 11.3 Å². The number of para-hydroxylation sites is 1. The molecule has 5 heteroatoms. The van der Waals surface area contributed by atoms with E-state index in [9.17, 15) is 0 Å². The molecule has 0 aliphatic heterocycles. The summed E-state index contributed by atoms with van der Waals surface area (Å²) in [5, 5.41) is 5.19. The molecule has 1 aliphatic carbocycles. The van der Waals surface area contributed by atoms with Gasteiger partial charge in [0.25, 0.3) is 0 Å². The van der Waals surface area contributed by atoms with Gasteiger partial charge in [-0.1, -0.05) is 19.1 Å². The van der Waals surface area contributed by atoms with Gasteiger partial charge in [0.1, 0.15) is 5.75 Å². The first-order chi connectivity index (χ1) is 10.8. The fourth-order valence-corrected chi connectivity index (χ4v) is 3.74. The molecule has 1 aromatic carbocycles. The lowest BCUT2D eigenvalue weighted by atomic mass is 9.93. The van der Waals surface area contributed by atoms with Gasteiger partial charge in [0.2, 0.25) is 5.13 Å². The monoisotopic (exact) mass is 315 g/mol. The highest BCUT2D eigenvalue weighted by atomic mass is 32.1. The molecule has 116 valence electrons. The highest BCUT2D eigenvalue weighted by Crippen LogP contribution is 2.32. The fraction of sp³-hybridized carbons (Fsp3) is 0.412. The molecule has 0 fully saturated rings. The molecular weight excluding hydrogens is 294 g/mol. The van der Waals surface area contributed by atoms with Crippen molar-refractivity contribution in [1.29, 1.82) is 0 Å². The van der Waals surface area contributed by atoms with Crippen molar-refractivity contribution in [3.63, 3.8) is 0 Å². The summed E-state index contributed by atoms with van der Waals surface area (Å²) in [6.45, 7) is 4.93. The number of aryl methyl sites for hydroxylation is 1. The Morgan fingerprint density at radius 3 is 3.18 bits per heavy atom. The van der Waals surface area contributed by atoms with Crippen LogP contribution in [0.2, 0.25) is 0 Å². The summed E-state index contributed by atoms with van der Waals surface area (Å²) in [6.07, 6.45) is 5.26. The van der Waals surface area contributed by atoms with Gasteiger partial charge in [-0.25, -0.2) is 4.98 Å². The summed E-state index contributed by atoms with van der Waals surface area (Å²) < 4.78 is 5.59. The Balaban J connectivity index is 1.68. The first kappa shape index (κ1) is 15.0. The van der Waals surface area contributed by atoms with Gasteiger partial charge in [0, 0.05) is 10.4 Å². The van der Waals surface area contributed by atoms with Gasteiger partial charge in [0.15, 0.2) is 0 Å². The Hall–Kier alpha value is -1.88. The van der Waals surface area contributed by atoms with E-state index >= 15 is 0 Å². The number of benzene rings is 1. The van der Waals surface area contributed by atoms with Crippen molar-refractivity contribution in [3.05, 3.63) is 40.4 Å². The van der Waals surface area contributed by atoms with E-state index in [2.05, 4.69) is 22.4 Å². The quantitative estimate of drug-likeness (QED) is 0.667. The predicted molar refractivity (Wildman–Crippen MR) is 92.1 cm³/mol. The second-order valence-corrected chi connectivity index (χ2v) is 6.66. The number of aromatic nitrogens is 1. The van der Waals surface area contributed by atoms with Crippen LogP contribution in [0, 0.1) is 5.92 Å². The van der Waals surface area contributed by atoms with Crippen molar-refractivity contribution in [3.8, 4) is 5.75 Å². The molecule has 1 N–H and O–H groups in total. The highest BCUT2D eigenvalue weighted by Gasteiger charge is 2.19. The maximum atomic E-state index is 5.59. The molecule has 22 heavy (non-hydrogen) atoms. The molecule has 0 saturated carbocycles. The SMILES string of the molecule is CCOc1ccccc1C=NNc1nc2c(s1)C[C@H](C)CC2. The molecular formula is C17H21N3OS. The van der Waals surface area contributed by atoms with Gasteiger partial charge in [-0.3, -0.25) is 5.43 Å². The van der Waals surface area contributed by atoms with E-state index in [-0.39, 0.29) is 0 Å². The molecule has 1 heterocycles. The molecule has 3 rings (SSSR count). The van der Waals surface area contributed by atoms with Crippen LogP contribution >= 0.6 is 11.3 Å². The van der Waals surface area contributed by atoms with Crippen molar-refractivity contribution in [2.75, 3.05) is 12.0 Å². The van der Waals surface area contributed by atoms with Crippen LogP contribution in [0.15, 0.2) is 29.4 Å². The fourth-order valence-electron chi connectivity index (χ4n) is 2.62. The van der Waals surface area contributed by atoms with Gasteiger partial charge in [-0.2, -0.15) is 5.10 Å². The molecule has 0 radical (unpaired) electrons. The Kier molecular flexibility index (Phi) is 4.73. The van der Waals surface area contributed by atoms with Crippen LogP contribution in [0.25, 0.3) is 0 Å². The normalized spacial score (nSPS) is 17.5. The highest BCUT2D eigenvalue weighted by molar-refractivity contribution is 7.15. The lowest BCUT2D eigenvalue weighted by Gasteiger charge is -2.15. The van der Waals surface area contributed by atoms with Crippen LogP contribution in [-0.4, -0.2) is 17.8 Å². The van der Waals surface area contributed by atoms with Crippen LogP contribution in [0.1, 0.15) is 36.4 Å². The van der Waals surface area contributed by atoms with Crippen molar-refractivity contribution in [2.45, 2.75) is 33.1 Å². The number of hydrogen-bond donors (Lipinski definition) is 1. The zero-order valence-electron chi connectivity index (χ0n) is 13.0. The minimum absolute atomic E-state index is 0.648. The topological polar surface area (TPSA) is 46.5 Å². The lowest BCUT2D eigenvalue weighted by Crippen LogP contribution is -2.09. The van der Waals surface area contributed by atoms with E-state index < -0.39 is 0 Å². The average Bonchev–Trinajstić information content (AvgIpc) is 2.91. The molecule has 1 aliphatic rings. The molecule has 2 aromatic rings. The maximum absolute atomic E-state index is 5.59. The number of rotatable bonds is 5. The van der Waals surface area contributed by atoms with Gasteiger partial charge in [-0.05, 0) is 44.2 Å². The van der Waals surface area contributed by atoms with Crippen LogP contribution in [0.5, 0.6) is 5.75 Å². The van der Waals surface area contributed by atoms with Gasteiger partial charge in [0.05, 0.1) is 18.5 Å². The summed E-state index contributed by atoms with van der Waals surface area (Å²) in [4.78, 5) is 6.05. The van der Waals surface area contributed by atoms with Crippen molar-refractivity contribution in [2.24, 2.45) is 11.0 Å². The minimum atomic E-state index is 0.648. The van der Waals surface area contributed by atoms with E-state index in [1.807, 2.05) is 31.2 Å². The smallest absolute Gasteiger partial charge is 0.203 e. The summed E-state index contributed by atoms with van der Waals surface area (Å²) >= 11 is 1.72. The number of ether oxygens (including phenoxy) is 1. The van der Waals surface area contributed by atoms with Crippen molar-refractivity contribution < 1.29 is 4.74 Å². The number of nitrogens with one attached hydrogen (secondary N) is 1. The number of anilines is 1. The van der Waals surface area contributed by atoms with E-state index in [1.54, 1.807) is 17.6 Å². The lowest BCUT2D eigenvalue weighted by molar-refractivity contribution is 0.340. The van der Waals surface area contributed by atoms with Crippen LogP contribution in [0.4, 0.5) is 5.13 Å². The second kappa shape index (κ2) is 6.92. The molecule has 0 spiro atoms. The average molecular weight is 315 g/mol. The Morgan fingerprint density at radius 1 is 1.45 bits per heavy atom. The molecule has 0 bridgehead atoms. The van der Waals surface area contributed by atoms with Crippen LogP contribution in [0.3, 0.4) is 0 Å². The molecule has 1 atom stereocenters. The summed E-state index contributed by atoms with van der Waals surface area (Å²) in [5.41, 5.74) is 5.27. The largest absolute Gasteiger partial charge is 0.493 e. The third-order valence-electron chi connectivity index (χ3n) is 3.77. The van der Waals surface area contributed by atoms with E-state index in [0.29, 0.717) is 6.61 Å². The summed E-state index contributed by atoms with van der Waals surface area (Å²) in [5.74, 6) is 1.62. The molecule has 0 amide bonds. The van der Waals surface area contributed by atoms with Gasteiger partial charge >= 0.3 is 0 Å². The van der Waals surface area contributed by atoms with E-state index in [0.717, 1.165) is 35.2 Å². The van der Waals surface area contributed by atoms with Crippen LogP contribution < -0.4 is 10.2 Å². The predicted octanol–water partition coefficient (Wildman–Crippen LogP) is 4.11. The standard InChI is InChI=1S/C17H21N3OS/c1-3-21-15-7-5-4-6-13(15)11-18-20-17-19-14-9-8-12(2)10-16(14)22-17/h4-7,11-12H,3,8-10H2,1-2H3,(H,19,20)/t12-/m1/s1. The first-order valence-corrected chi connectivity index (χ1v) is 8.57. The first-order valence-electron chi connectivity index (χ1n) is 7.75. The third kappa shape index (κ3) is 3.47. The summed E-state index contributed by atoms with van der Waals surface area (Å²) in [7, 11) is 0. The number of thiazole rings is 1.